The molecule has 0 spiro atoms. The summed E-state index contributed by atoms with van der Waals surface area (Å²) in [7, 11) is 0. The van der Waals surface area contributed by atoms with Crippen molar-refractivity contribution in [3.8, 4) is 5.75 Å². The molecule has 24 heavy (non-hydrogen) atoms. The number of halogens is 1. The van der Waals surface area contributed by atoms with E-state index in [1.807, 2.05) is 28.7 Å². The van der Waals surface area contributed by atoms with Crippen molar-refractivity contribution in [3.63, 3.8) is 0 Å². The number of hydrogen-bond acceptors (Lipinski definition) is 6. The largest absolute Gasteiger partial charge is 0.507 e. The minimum atomic E-state index is -0.405. The number of nitrogens with zero attached hydrogens (tertiary/aromatic N) is 2. The topological polar surface area (TPSA) is 87.3 Å². The van der Waals surface area contributed by atoms with Crippen LogP contribution in [0.5, 0.6) is 5.75 Å². The number of morpholine rings is 1. The molecule has 1 saturated heterocycles. The van der Waals surface area contributed by atoms with Gasteiger partial charge in [-0.05, 0) is 46.9 Å². The second kappa shape index (κ2) is 7.67. The third-order valence-electron chi connectivity index (χ3n) is 3.50. The molecule has 1 aliphatic rings. The van der Waals surface area contributed by atoms with E-state index in [2.05, 4.69) is 15.4 Å². The zero-order valence-electron chi connectivity index (χ0n) is 12.7. The molecule has 0 aliphatic carbocycles. The number of furan rings is 1. The molecule has 1 aliphatic heterocycles. The molecule has 0 bridgehead atoms. The van der Waals surface area contributed by atoms with Crippen LogP contribution in [0.4, 0.5) is 5.88 Å². The molecule has 0 atom stereocenters. The Kier molecular flexibility index (Phi) is 5.36. The number of ether oxygens (including phenoxy) is 1. The van der Waals surface area contributed by atoms with Crippen molar-refractivity contribution < 1.29 is 19.1 Å². The Morgan fingerprint density at radius 1 is 1.29 bits per heavy atom. The Hall–Kier alpha value is -2.07. The Morgan fingerprint density at radius 2 is 2.08 bits per heavy atom. The van der Waals surface area contributed by atoms with E-state index in [1.54, 1.807) is 18.2 Å². The first-order chi connectivity index (χ1) is 11.6. The molecule has 1 aromatic carbocycles. The Bertz CT molecular complexity index is 754. The second-order valence-electron chi connectivity index (χ2n) is 5.14. The highest BCUT2D eigenvalue weighted by molar-refractivity contribution is 14.1. The van der Waals surface area contributed by atoms with Gasteiger partial charge >= 0.3 is 0 Å². The van der Waals surface area contributed by atoms with Crippen LogP contribution in [-0.2, 0) is 4.74 Å². The van der Waals surface area contributed by atoms with E-state index in [1.165, 1.54) is 12.3 Å². The van der Waals surface area contributed by atoms with Gasteiger partial charge in [0.2, 0.25) is 0 Å². The number of anilines is 1. The van der Waals surface area contributed by atoms with Gasteiger partial charge < -0.3 is 19.2 Å². The molecule has 3 rings (SSSR count). The first-order valence-corrected chi connectivity index (χ1v) is 8.46. The number of benzene rings is 1. The van der Waals surface area contributed by atoms with Crippen LogP contribution in [0, 0.1) is 3.57 Å². The molecule has 0 radical (unpaired) electrons. The predicted molar refractivity (Wildman–Crippen MR) is 97.6 cm³/mol. The summed E-state index contributed by atoms with van der Waals surface area (Å²) >= 11 is 1.99. The SMILES string of the molecule is O=C(N/N=C\c1ccc(N2CCOCC2)o1)c1ccc(I)c(O)c1. The molecule has 8 heteroatoms. The lowest BCUT2D eigenvalue weighted by Gasteiger charge is -2.26. The van der Waals surface area contributed by atoms with E-state index >= 15 is 0 Å². The van der Waals surface area contributed by atoms with Crippen LogP contribution >= 0.6 is 22.6 Å². The maximum Gasteiger partial charge on any atom is 0.271 e. The molecular weight excluding hydrogens is 425 g/mol. The molecule has 2 aromatic rings. The Labute approximate surface area is 152 Å². The van der Waals surface area contributed by atoms with Gasteiger partial charge in [-0.15, -0.1) is 0 Å². The zero-order valence-corrected chi connectivity index (χ0v) is 14.9. The second-order valence-corrected chi connectivity index (χ2v) is 6.30. The molecule has 2 heterocycles. The van der Waals surface area contributed by atoms with Crippen LogP contribution in [0.25, 0.3) is 0 Å². The number of phenols is 1. The van der Waals surface area contributed by atoms with Gasteiger partial charge in [-0.25, -0.2) is 5.43 Å². The van der Waals surface area contributed by atoms with Gasteiger partial charge in [-0.2, -0.15) is 5.10 Å². The third-order valence-corrected chi connectivity index (χ3v) is 4.41. The lowest BCUT2D eigenvalue weighted by atomic mass is 10.2. The summed E-state index contributed by atoms with van der Waals surface area (Å²) in [6, 6.07) is 8.34. The quantitative estimate of drug-likeness (QED) is 0.432. The number of amides is 1. The van der Waals surface area contributed by atoms with Crippen molar-refractivity contribution in [1.29, 1.82) is 0 Å². The van der Waals surface area contributed by atoms with Crippen molar-refractivity contribution in [1.82, 2.24) is 5.43 Å². The fraction of sp³-hybridized carbons (Fsp3) is 0.250. The molecule has 1 aromatic heterocycles. The molecule has 7 nitrogen and oxygen atoms in total. The van der Waals surface area contributed by atoms with E-state index in [-0.39, 0.29) is 5.75 Å². The first kappa shape index (κ1) is 16.8. The summed E-state index contributed by atoms with van der Waals surface area (Å²) in [6.45, 7) is 2.94. The van der Waals surface area contributed by atoms with Crippen molar-refractivity contribution in [2.75, 3.05) is 31.2 Å². The minimum Gasteiger partial charge on any atom is -0.507 e. The number of nitrogens with one attached hydrogen (secondary N) is 1. The number of carbonyl (C=O) groups excluding carboxylic acids is 1. The number of phenolic OH excluding ortho intramolecular Hbond substituents is 1. The van der Waals surface area contributed by atoms with Gasteiger partial charge in [-0.3, -0.25) is 4.79 Å². The Balaban J connectivity index is 1.58. The van der Waals surface area contributed by atoms with E-state index in [0.29, 0.717) is 28.1 Å². The summed E-state index contributed by atoms with van der Waals surface area (Å²) in [5, 5.41) is 13.5. The number of hydrogen-bond donors (Lipinski definition) is 2. The first-order valence-electron chi connectivity index (χ1n) is 7.38. The van der Waals surface area contributed by atoms with Gasteiger partial charge in [0.25, 0.3) is 5.91 Å². The molecule has 0 saturated carbocycles. The van der Waals surface area contributed by atoms with E-state index in [0.717, 1.165) is 19.0 Å². The van der Waals surface area contributed by atoms with Crippen LogP contribution in [0.2, 0.25) is 0 Å². The van der Waals surface area contributed by atoms with Crippen LogP contribution in [0.3, 0.4) is 0 Å². The summed E-state index contributed by atoms with van der Waals surface area (Å²) in [5.74, 6) is 0.960. The highest BCUT2D eigenvalue weighted by Crippen LogP contribution is 2.20. The van der Waals surface area contributed by atoms with Crippen LogP contribution in [-0.4, -0.2) is 43.5 Å². The van der Waals surface area contributed by atoms with E-state index < -0.39 is 5.91 Å². The fourth-order valence-electron chi connectivity index (χ4n) is 2.24. The molecule has 126 valence electrons. The summed E-state index contributed by atoms with van der Waals surface area (Å²) in [4.78, 5) is 14.1. The summed E-state index contributed by atoms with van der Waals surface area (Å²) in [6.07, 6.45) is 1.44. The monoisotopic (exact) mass is 441 g/mol. The highest BCUT2D eigenvalue weighted by atomic mass is 127. The van der Waals surface area contributed by atoms with Crippen molar-refractivity contribution in [2.45, 2.75) is 0 Å². The van der Waals surface area contributed by atoms with E-state index in [4.69, 9.17) is 9.15 Å². The average Bonchev–Trinajstić information content (AvgIpc) is 3.07. The maximum absolute atomic E-state index is 12.0. The molecule has 0 unspecified atom stereocenters. The number of carbonyl (C=O) groups is 1. The van der Waals surface area contributed by atoms with Gasteiger partial charge in [0, 0.05) is 24.7 Å². The standard InChI is InChI=1S/C16H16IN3O4/c17-13-3-1-11(9-14(13)21)16(22)19-18-10-12-2-4-15(24-12)20-5-7-23-8-6-20/h1-4,9-10,21H,5-8H2,(H,19,22)/b18-10-. The van der Waals surface area contributed by atoms with Gasteiger partial charge in [0.15, 0.2) is 5.88 Å². The Morgan fingerprint density at radius 3 is 2.83 bits per heavy atom. The van der Waals surface area contributed by atoms with Gasteiger partial charge in [0.1, 0.15) is 11.5 Å². The highest BCUT2D eigenvalue weighted by Gasteiger charge is 2.14. The lowest BCUT2D eigenvalue weighted by molar-refractivity contribution is 0.0954. The van der Waals surface area contributed by atoms with Crippen molar-refractivity contribution in [2.24, 2.45) is 5.10 Å². The lowest BCUT2D eigenvalue weighted by Crippen LogP contribution is -2.35. The van der Waals surface area contributed by atoms with Crippen LogP contribution < -0.4 is 10.3 Å². The fourth-order valence-corrected chi connectivity index (χ4v) is 2.57. The van der Waals surface area contributed by atoms with Crippen LogP contribution in [0.15, 0.2) is 39.9 Å². The van der Waals surface area contributed by atoms with E-state index in [9.17, 15) is 9.90 Å². The average molecular weight is 441 g/mol. The number of rotatable bonds is 4. The van der Waals surface area contributed by atoms with Crippen molar-refractivity contribution >= 4 is 40.6 Å². The number of hydrazone groups is 1. The molecule has 1 amide bonds. The smallest absolute Gasteiger partial charge is 0.271 e. The number of aromatic hydroxyl groups is 1. The van der Waals surface area contributed by atoms with Crippen LogP contribution in [0.1, 0.15) is 16.1 Å². The molecule has 1 fully saturated rings. The predicted octanol–water partition coefficient (Wildman–Crippen LogP) is 2.19. The van der Waals surface area contributed by atoms with Gasteiger partial charge in [0.05, 0.1) is 23.0 Å². The normalized spacial score (nSPS) is 15.0. The maximum atomic E-state index is 12.0. The van der Waals surface area contributed by atoms with Gasteiger partial charge in [-0.1, -0.05) is 0 Å². The molecular formula is C16H16IN3O4. The third kappa shape index (κ3) is 4.06. The summed E-state index contributed by atoms with van der Waals surface area (Å²) in [5.41, 5.74) is 2.74. The summed E-state index contributed by atoms with van der Waals surface area (Å²) < 4.78 is 11.7. The minimum absolute atomic E-state index is 0.0633. The zero-order chi connectivity index (χ0) is 16.9. The van der Waals surface area contributed by atoms with Crippen molar-refractivity contribution in [3.05, 3.63) is 45.2 Å². The molecule has 2 N–H and O–H groups in total.